The summed E-state index contributed by atoms with van der Waals surface area (Å²) < 4.78 is 10.2. The van der Waals surface area contributed by atoms with Crippen molar-refractivity contribution in [3.63, 3.8) is 0 Å². The lowest BCUT2D eigenvalue weighted by atomic mass is 10.2. The number of hydroxylamine groups is 2. The molecule has 1 amide bonds. The first-order valence-corrected chi connectivity index (χ1v) is 7.74. The zero-order valence-corrected chi connectivity index (χ0v) is 14.5. The van der Waals surface area contributed by atoms with Crippen LogP contribution in [0.2, 0.25) is 0 Å². The molecule has 0 saturated carbocycles. The maximum Gasteiger partial charge on any atom is 0.533 e. The predicted octanol–water partition coefficient (Wildman–Crippen LogP) is 3.26. The maximum absolute atomic E-state index is 12.2. The number of amides is 1. The third-order valence-corrected chi connectivity index (χ3v) is 2.89. The Morgan fingerprint density at radius 3 is 2.38 bits per heavy atom. The molecule has 0 bridgehead atoms. The number of ether oxygens (including phenoxy) is 2. The van der Waals surface area contributed by atoms with Crippen LogP contribution in [0.1, 0.15) is 39.7 Å². The molecule has 7 heteroatoms. The van der Waals surface area contributed by atoms with E-state index in [-0.39, 0.29) is 19.6 Å². The van der Waals surface area contributed by atoms with Gasteiger partial charge in [-0.3, -0.25) is 4.84 Å². The first-order chi connectivity index (χ1) is 11.2. The van der Waals surface area contributed by atoms with E-state index in [2.05, 4.69) is 0 Å². The number of aliphatic hydroxyl groups is 1. The SMILES string of the molecule is C[C@@H](CCO)N(OC(=O)OCc1ccccc1)C(=O)OC(C)(C)C. The predicted molar refractivity (Wildman–Crippen MR) is 86.9 cm³/mol. The summed E-state index contributed by atoms with van der Waals surface area (Å²) in [6.45, 7) is 6.60. The molecule has 1 rings (SSSR count). The van der Waals surface area contributed by atoms with Crippen molar-refractivity contribution >= 4 is 12.2 Å². The van der Waals surface area contributed by atoms with E-state index in [1.165, 1.54) is 0 Å². The Morgan fingerprint density at radius 2 is 1.83 bits per heavy atom. The average Bonchev–Trinajstić information content (AvgIpc) is 2.50. The van der Waals surface area contributed by atoms with Gasteiger partial charge in [0.1, 0.15) is 12.2 Å². The van der Waals surface area contributed by atoms with Gasteiger partial charge in [-0.15, -0.1) is 5.06 Å². The van der Waals surface area contributed by atoms with Crippen molar-refractivity contribution in [2.45, 2.75) is 52.4 Å². The minimum Gasteiger partial charge on any atom is -0.442 e. The molecular formula is C17H25NO6. The molecule has 0 heterocycles. The third kappa shape index (κ3) is 7.32. The summed E-state index contributed by atoms with van der Waals surface area (Å²) >= 11 is 0. The van der Waals surface area contributed by atoms with E-state index in [0.29, 0.717) is 0 Å². The van der Waals surface area contributed by atoms with Gasteiger partial charge in [0.15, 0.2) is 0 Å². The van der Waals surface area contributed by atoms with Gasteiger partial charge in [0.05, 0.1) is 6.04 Å². The number of benzene rings is 1. The molecule has 7 nitrogen and oxygen atoms in total. The molecule has 0 aliphatic carbocycles. The third-order valence-electron chi connectivity index (χ3n) is 2.89. The van der Waals surface area contributed by atoms with Crippen LogP contribution in [0.4, 0.5) is 9.59 Å². The average molecular weight is 339 g/mol. The number of rotatable bonds is 5. The minimum absolute atomic E-state index is 0.0240. The summed E-state index contributed by atoms with van der Waals surface area (Å²) in [5, 5.41) is 9.82. The van der Waals surface area contributed by atoms with Crippen LogP contribution in [0.25, 0.3) is 0 Å². The van der Waals surface area contributed by atoms with Crippen molar-refractivity contribution in [1.82, 2.24) is 5.06 Å². The van der Waals surface area contributed by atoms with Gasteiger partial charge in [-0.1, -0.05) is 30.3 Å². The van der Waals surface area contributed by atoms with Crippen LogP contribution in [-0.4, -0.2) is 40.7 Å². The van der Waals surface area contributed by atoms with E-state index < -0.39 is 23.9 Å². The van der Waals surface area contributed by atoms with Gasteiger partial charge in [0, 0.05) is 6.61 Å². The van der Waals surface area contributed by atoms with Gasteiger partial charge in [0.2, 0.25) is 0 Å². The van der Waals surface area contributed by atoms with Gasteiger partial charge in [0.25, 0.3) is 0 Å². The Kier molecular flexibility index (Phi) is 7.51. The highest BCUT2D eigenvalue weighted by Gasteiger charge is 2.30. The second-order valence-electron chi connectivity index (χ2n) is 6.28. The molecule has 0 fully saturated rings. The number of aliphatic hydroxyl groups excluding tert-OH is 1. The van der Waals surface area contributed by atoms with Crippen molar-refractivity contribution in [2.24, 2.45) is 0 Å². The smallest absolute Gasteiger partial charge is 0.442 e. The topological polar surface area (TPSA) is 85.3 Å². The summed E-state index contributed by atoms with van der Waals surface area (Å²) in [4.78, 5) is 29.0. The second kappa shape index (κ2) is 9.12. The van der Waals surface area contributed by atoms with E-state index in [1.54, 1.807) is 39.8 Å². The largest absolute Gasteiger partial charge is 0.533 e. The van der Waals surface area contributed by atoms with Gasteiger partial charge < -0.3 is 14.6 Å². The molecule has 1 aromatic carbocycles. The quantitative estimate of drug-likeness (QED) is 0.654. The zero-order chi connectivity index (χ0) is 18.2. The fraction of sp³-hybridized carbons (Fsp3) is 0.529. The number of carbonyl (C=O) groups is 2. The zero-order valence-electron chi connectivity index (χ0n) is 14.5. The molecule has 24 heavy (non-hydrogen) atoms. The van der Waals surface area contributed by atoms with Gasteiger partial charge in [-0.2, -0.15) is 0 Å². The van der Waals surface area contributed by atoms with Crippen LogP contribution in [-0.2, 0) is 20.9 Å². The Labute approximate surface area is 142 Å². The van der Waals surface area contributed by atoms with Gasteiger partial charge in [-0.25, -0.2) is 9.59 Å². The molecule has 0 aliphatic rings. The van der Waals surface area contributed by atoms with Gasteiger partial charge >= 0.3 is 12.2 Å². The van der Waals surface area contributed by atoms with Crippen LogP contribution in [0.3, 0.4) is 0 Å². The number of hydrogen-bond donors (Lipinski definition) is 1. The van der Waals surface area contributed by atoms with Crippen LogP contribution in [0, 0.1) is 0 Å². The molecule has 0 saturated heterocycles. The fourth-order valence-corrected chi connectivity index (χ4v) is 1.74. The molecule has 0 radical (unpaired) electrons. The Morgan fingerprint density at radius 1 is 1.21 bits per heavy atom. The molecule has 0 aromatic heterocycles. The normalized spacial score (nSPS) is 12.2. The van der Waals surface area contributed by atoms with Crippen LogP contribution >= 0.6 is 0 Å². The standard InChI is InChI=1S/C17H25NO6/c1-13(10-11-19)18(15(20)23-17(2,3)4)24-16(21)22-12-14-8-6-5-7-9-14/h5-9,13,19H,10-12H2,1-4H3/t13-/m0/s1. The highest BCUT2D eigenvalue weighted by molar-refractivity contribution is 5.70. The number of nitrogens with zero attached hydrogens (tertiary/aromatic N) is 1. The molecule has 0 spiro atoms. The first kappa shape index (κ1) is 19.8. The Balaban J connectivity index is 2.65. The lowest BCUT2D eigenvalue weighted by Crippen LogP contribution is -2.43. The highest BCUT2D eigenvalue weighted by atomic mass is 16.8. The van der Waals surface area contributed by atoms with Crippen LogP contribution in [0.5, 0.6) is 0 Å². The number of hydrogen-bond acceptors (Lipinski definition) is 6. The van der Waals surface area contributed by atoms with Crippen molar-refractivity contribution in [1.29, 1.82) is 0 Å². The lowest BCUT2D eigenvalue weighted by molar-refractivity contribution is -0.144. The van der Waals surface area contributed by atoms with Crippen molar-refractivity contribution in [3.05, 3.63) is 35.9 Å². The van der Waals surface area contributed by atoms with E-state index in [1.807, 2.05) is 18.2 Å². The van der Waals surface area contributed by atoms with Crippen molar-refractivity contribution in [2.75, 3.05) is 6.61 Å². The lowest BCUT2D eigenvalue weighted by Gasteiger charge is -2.29. The van der Waals surface area contributed by atoms with E-state index >= 15 is 0 Å². The summed E-state index contributed by atoms with van der Waals surface area (Å²) in [7, 11) is 0. The summed E-state index contributed by atoms with van der Waals surface area (Å²) in [6, 6.07) is 8.53. The molecule has 0 unspecified atom stereocenters. The minimum atomic E-state index is -1.02. The molecule has 0 aliphatic heterocycles. The first-order valence-electron chi connectivity index (χ1n) is 7.74. The van der Waals surface area contributed by atoms with E-state index in [4.69, 9.17) is 19.4 Å². The Hall–Kier alpha value is -2.28. The van der Waals surface area contributed by atoms with Crippen LogP contribution in [0.15, 0.2) is 30.3 Å². The van der Waals surface area contributed by atoms with Crippen LogP contribution < -0.4 is 0 Å². The van der Waals surface area contributed by atoms with Crippen molar-refractivity contribution < 1.29 is 29.0 Å². The molecule has 134 valence electrons. The molecular weight excluding hydrogens is 314 g/mol. The van der Waals surface area contributed by atoms with E-state index in [9.17, 15) is 9.59 Å². The summed E-state index contributed by atoms with van der Waals surface area (Å²) in [6.07, 6.45) is -1.61. The second-order valence-corrected chi connectivity index (χ2v) is 6.28. The summed E-state index contributed by atoms with van der Waals surface area (Å²) in [5.41, 5.74) is 0.0487. The summed E-state index contributed by atoms with van der Waals surface area (Å²) in [5.74, 6) is 0. The Bertz CT molecular complexity index is 526. The monoisotopic (exact) mass is 339 g/mol. The van der Waals surface area contributed by atoms with E-state index in [0.717, 1.165) is 10.6 Å². The molecule has 1 atom stereocenters. The fourth-order valence-electron chi connectivity index (χ4n) is 1.74. The van der Waals surface area contributed by atoms with Crippen molar-refractivity contribution in [3.8, 4) is 0 Å². The van der Waals surface area contributed by atoms with Gasteiger partial charge in [-0.05, 0) is 39.7 Å². The molecule has 1 aromatic rings. The maximum atomic E-state index is 12.2. The highest BCUT2D eigenvalue weighted by Crippen LogP contribution is 2.15. The molecule has 1 N–H and O–H groups in total. The number of carbonyl (C=O) groups excluding carboxylic acids is 2.